The zero-order chi connectivity index (χ0) is 13.5. The molecule has 0 saturated carbocycles. The minimum atomic E-state index is -0.329. The van der Waals surface area contributed by atoms with Crippen molar-refractivity contribution in [1.82, 2.24) is 0 Å². The van der Waals surface area contributed by atoms with E-state index in [1.54, 1.807) is 0 Å². The van der Waals surface area contributed by atoms with Crippen LogP contribution in [0.2, 0.25) is 0 Å². The van der Waals surface area contributed by atoms with E-state index >= 15 is 0 Å². The summed E-state index contributed by atoms with van der Waals surface area (Å²) in [5.74, 6) is 0.637. The molecule has 18 heavy (non-hydrogen) atoms. The van der Waals surface area contributed by atoms with E-state index in [4.69, 9.17) is 0 Å². The van der Waals surface area contributed by atoms with Gasteiger partial charge in [-0.2, -0.15) is 0 Å². The highest BCUT2D eigenvalue weighted by Crippen LogP contribution is 2.30. The summed E-state index contributed by atoms with van der Waals surface area (Å²) in [4.78, 5) is 0. The molecule has 0 bridgehead atoms. The van der Waals surface area contributed by atoms with Crippen LogP contribution in [-0.4, -0.2) is 5.11 Å². The van der Waals surface area contributed by atoms with Gasteiger partial charge in [0.1, 0.15) is 0 Å². The van der Waals surface area contributed by atoms with Crippen molar-refractivity contribution in [3.8, 4) is 0 Å². The Labute approximate surface area is 120 Å². The highest BCUT2D eigenvalue weighted by molar-refractivity contribution is 9.10. The molecule has 2 atom stereocenters. The summed E-state index contributed by atoms with van der Waals surface area (Å²) >= 11 is 3.53. The Hall–Kier alpha value is -0.340. The van der Waals surface area contributed by atoms with Gasteiger partial charge >= 0.3 is 0 Å². The molecule has 1 aromatic carbocycles. The molecule has 0 radical (unpaired) electrons. The van der Waals surface area contributed by atoms with E-state index in [0.29, 0.717) is 5.92 Å². The normalized spacial score (nSPS) is 14.5. The number of hydrogen-bond acceptors (Lipinski definition) is 1. The van der Waals surface area contributed by atoms with E-state index in [-0.39, 0.29) is 6.10 Å². The number of rotatable bonds is 7. The van der Waals surface area contributed by atoms with Crippen LogP contribution in [0.1, 0.15) is 63.2 Å². The van der Waals surface area contributed by atoms with Gasteiger partial charge in [0.2, 0.25) is 0 Å². The van der Waals surface area contributed by atoms with Crippen molar-refractivity contribution in [3.05, 3.63) is 33.8 Å². The predicted molar refractivity (Wildman–Crippen MR) is 81.8 cm³/mol. The van der Waals surface area contributed by atoms with Crippen molar-refractivity contribution < 1.29 is 5.11 Å². The largest absolute Gasteiger partial charge is 0.388 e. The smallest absolute Gasteiger partial charge is 0.0795 e. The number of aliphatic hydroxyl groups excluding tert-OH is 1. The maximum absolute atomic E-state index is 10.4. The fraction of sp³-hybridized carbons (Fsp3) is 0.625. The van der Waals surface area contributed by atoms with E-state index < -0.39 is 0 Å². The van der Waals surface area contributed by atoms with Gasteiger partial charge in [-0.3, -0.25) is 0 Å². The van der Waals surface area contributed by atoms with Gasteiger partial charge in [-0.15, -0.1) is 0 Å². The van der Waals surface area contributed by atoms with Gasteiger partial charge in [0.15, 0.2) is 0 Å². The lowest BCUT2D eigenvalue weighted by molar-refractivity contribution is 0.138. The van der Waals surface area contributed by atoms with E-state index in [0.717, 1.165) is 28.4 Å². The minimum Gasteiger partial charge on any atom is -0.388 e. The molecule has 0 saturated heterocycles. The molecule has 2 heteroatoms. The van der Waals surface area contributed by atoms with Crippen LogP contribution >= 0.6 is 15.9 Å². The molecule has 1 nitrogen and oxygen atoms in total. The van der Waals surface area contributed by atoms with Gasteiger partial charge in [0.25, 0.3) is 0 Å². The van der Waals surface area contributed by atoms with Crippen molar-refractivity contribution in [2.75, 3.05) is 0 Å². The van der Waals surface area contributed by atoms with Gasteiger partial charge in [0, 0.05) is 4.47 Å². The zero-order valence-electron chi connectivity index (χ0n) is 11.7. The third-order valence-corrected chi connectivity index (χ3v) is 4.63. The lowest BCUT2D eigenvalue weighted by Crippen LogP contribution is -2.08. The highest BCUT2D eigenvalue weighted by atomic mass is 79.9. The molecule has 0 aromatic heterocycles. The first-order chi connectivity index (χ1) is 8.60. The SMILES string of the molecule is CCCCC(CC)CC(O)c1cccc(Br)c1C. The number of aliphatic hydroxyl groups is 1. The average molecular weight is 313 g/mol. The lowest BCUT2D eigenvalue weighted by Gasteiger charge is -2.20. The zero-order valence-corrected chi connectivity index (χ0v) is 13.3. The second kappa shape index (κ2) is 7.96. The third-order valence-electron chi connectivity index (χ3n) is 3.77. The van der Waals surface area contributed by atoms with Gasteiger partial charge in [0.05, 0.1) is 6.10 Å². The molecule has 0 amide bonds. The van der Waals surface area contributed by atoms with Crippen molar-refractivity contribution in [2.24, 2.45) is 5.92 Å². The average Bonchev–Trinajstić information content (AvgIpc) is 2.37. The molecule has 2 unspecified atom stereocenters. The number of unbranched alkanes of at least 4 members (excludes halogenated alkanes) is 1. The molecule has 0 spiro atoms. The summed E-state index contributed by atoms with van der Waals surface area (Å²) in [6.45, 7) is 6.51. The molecule has 0 aliphatic heterocycles. The van der Waals surface area contributed by atoms with Crippen LogP contribution in [0.3, 0.4) is 0 Å². The first-order valence-electron chi connectivity index (χ1n) is 7.03. The molecule has 0 aliphatic rings. The Balaban J connectivity index is 2.68. The van der Waals surface area contributed by atoms with Crippen molar-refractivity contribution >= 4 is 15.9 Å². The van der Waals surface area contributed by atoms with E-state index in [1.807, 2.05) is 18.2 Å². The highest BCUT2D eigenvalue weighted by Gasteiger charge is 2.16. The van der Waals surface area contributed by atoms with Crippen molar-refractivity contribution in [2.45, 2.75) is 59.0 Å². The minimum absolute atomic E-state index is 0.329. The van der Waals surface area contributed by atoms with Gasteiger partial charge in [-0.05, 0) is 36.5 Å². The third kappa shape index (κ3) is 4.40. The second-order valence-electron chi connectivity index (χ2n) is 5.12. The predicted octanol–water partition coefficient (Wildman–Crippen LogP) is 5.40. The van der Waals surface area contributed by atoms with E-state index in [2.05, 4.69) is 36.7 Å². The molecular formula is C16H25BrO. The number of benzene rings is 1. The van der Waals surface area contributed by atoms with Crippen LogP contribution in [0, 0.1) is 12.8 Å². The van der Waals surface area contributed by atoms with Crippen LogP contribution in [0.5, 0.6) is 0 Å². The number of hydrogen-bond donors (Lipinski definition) is 1. The first-order valence-corrected chi connectivity index (χ1v) is 7.82. The summed E-state index contributed by atoms with van der Waals surface area (Å²) in [5, 5.41) is 10.4. The monoisotopic (exact) mass is 312 g/mol. The fourth-order valence-electron chi connectivity index (χ4n) is 2.41. The summed E-state index contributed by atoms with van der Waals surface area (Å²) in [5.41, 5.74) is 2.23. The quantitative estimate of drug-likeness (QED) is 0.715. The summed E-state index contributed by atoms with van der Waals surface area (Å²) < 4.78 is 1.08. The Kier molecular flexibility index (Phi) is 6.95. The summed E-state index contributed by atoms with van der Waals surface area (Å²) in [6, 6.07) is 6.07. The van der Waals surface area contributed by atoms with Crippen LogP contribution in [0.25, 0.3) is 0 Å². The Morgan fingerprint density at radius 3 is 2.61 bits per heavy atom. The maximum atomic E-state index is 10.4. The van der Waals surface area contributed by atoms with Crippen LogP contribution in [0.15, 0.2) is 22.7 Å². The Morgan fingerprint density at radius 1 is 1.28 bits per heavy atom. The van der Waals surface area contributed by atoms with Gasteiger partial charge in [-0.1, -0.05) is 67.6 Å². The topological polar surface area (TPSA) is 20.2 Å². The van der Waals surface area contributed by atoms with Crippen LogP contribution in [-0.2, 0) is 0 Å². The van der Waals surface area contributed by atoms with Gasteiger partial charge in [-0.25, -0.2) is 0 Å². The standard InChI is InChI=1S/C16H25BrO/c1-4-6-8-13(5-2)11-16(18)14-9-7-10-15(17)12(14)3/h7,9-10,13,16,18H,4-6,8,11H2,1-3H3. The lowest BCUT2D eigenvalue weighted by atomic mass is 9.89. The molecule has 0 aliphatic carbocycles. The Bertz CT molecular complexity index is 362. The maximum Gasteiger partial charge on any atom is 0.0795 e. The summed E-state index contributed by atoms with van der Waals surface area (Å²) in [7, 11) is 0. The van der Waals surface area contributed by atoms with E-state index in [9.17, 15) is 5.11 Å². The Morgan fingerprint density at radius 2 is 2.00 bits per heavy atom. The van der Waals surface area contributed by atoms with Crippen molar-refractivity contribution in [3.63, 3.8) is 0 Å². The molecule has 0 heterocycles. The molecule has 102 valence electrons. The summed E-state index contributed by atoms with van der Waals surface area (Å²) in [6.07, 6.45) is 5.45. The second-order valence-corrected chi connectivity index (χ2v) is 5.98. The van der Waals surface area contributed by atoms with Gasteiger partial charge < -0.3 is 5.11 Å². The molecule has 1 N–H and O–H groups in total. The van der Waals surface area contributed by atoms with Crippen LogP contribution < -0.4 is 0 Å². The first kappa shape index (κ1) is 15.7. The van der Waals surface area contributed by atoms with Crippen LogP contribution in [0.4, 0.5) is 0 Å². The molecule has 1 rings (SSSR count). The number of halogens is 1. The van der Waals surface area contributed by atoms with Crippen molar-refractivity contribution in [1.29, 1.82) is 0 Å². The molecular weight excluding hydrogens is 288 g/mol. The van der Waals surface area contributed by atoms with E-state index in [1.165, 1.54) is 19.3 Å². The molecule has 1 aromatic rings. The molecule has 0 fully saturated rings. The fourth-order valence-corrected chi connectivity index (χ4v) is 2.79.